The summed E-state index contributed by atoms with van der Waals surface area (Å²) >= 11 is 0. The van der Waals surface area contributed by atoms with Gasteiger partial charge in [0.05, 0.1) is 19.8 Å². The number of aliphatic hydroxyl groups is 2. The third-order valence-corrected chi connectivity index (χ3v) is 9.19. The van der Waals surface area contributed by atoms with E-state index in [-0.39, 0.29) is 19.4 Å². The fourth-order valence-electron chi connectivity index (χ4n) is 4.99. The second kappa shape index (κ2) is 41.1. The molecule has 0 saturated heterocycles. The number of hydrogen-bond donors (Lipinski definition) is 3. The molecule has 3 N–H and O–H groups in total. The lowest BCUT2D eigenvalue weighted by Crippen LogP contribution is -2.29. The molecule has 0 radical (unpaired) electrons. The molecule has 0 aromatic rings. The van der Waals surface area contributed by atoms with Crippen molar-refractivity contribution in [2.75, 3.05) is 26.4 Å². The highest BCUT2D eigenvalue weighted by Gasteiger charge is 2.27. The van der Waals surface area contributed by atoms with Crippen molar-refractivity contribution in [3.8, 4) is 0 Å². The van der Waals surface area contributed by atoms with Gasteiger partial charge in [-0.25, -0.2) is 4.57 Å². The predicted molar refractivity (Wildman–Crippen MR) is 232 cm³/mol. The molecule has 0 saturated carbocycles. The van der Waals surface area contributed by atoms with Gasteiger partial charge in [0.25, 0.3) is 0 Å². The molecule has 0 fully saturated rings. The molecule has 0 aromatic carbocycles. The summed E-state index contributed by atoms with van der Waals surface area (Å²) in [5, 5.41) is 18.3. The Balaban J connectivity index is 4.48. The van der Waals surface area contributed by atoms with Crippen molar-refractivity contribution in [1.29, 1.82) is 0 Å². The summed E-state index contributed by atoms with van der Waals surface area (Å²) in [6.07, 6.45) is 49.6. The molecule has 0 spiro atoms. The molecule has 11 heteroatoms. The van der Waals surface area contributed by atoms with Crippen molar-refractivity contribution in [1.82, 2.24) is 0 Å². The molecule has 1 unspecified atom stereocenters. The SMILES string of the molecule is CC/C=C/C/C=C/C/C=C/C/C=C/C/C=C/C/C=C/CCC(=O)OC[C@H](COP(=O)(O)OC[C@@H](O)CO)OC(=O)CCCCCCC/C=C/C/C=C/CCCCC. The van der Waals surface area contributed by atoms with Gasteiger partial charge < -0.3 is 24.6 Å². The van der Waals surface area contributed by atoms with Gasteiger partial charge in [-0.05, 0) is 83.5 Å². The van der Waals surface area contributed by atoms with Gasteiger partial charge >= 0.3 is 19.8 Å². The van der Waals surface area contributed by atoms with Crippen LogP contribution in [0, 0.1) is 0 Å². The van der Waals surface area contributed by atoms with E-state index >= 15 is 0 Å². The smallest absolute Gasteiger partial charge is 0.462 e. The second-order valence-electron chi connectivity index (χ2n) is 13.6. The zero-order valence-electron chi connectivity index (χ0n) is 35.0. The third-order valence-electron chi connectivity index (χ3n) is 8.24. The Hall–Kier alpha value is -3.11. The van der Waals surface area contributed by atoms with Gasteiger partial charge in [0.1, 0.15) is 12.7 Å². The highest BCUT2D eigenvalue weighted by atomic mass is 31.2. The number of esters is 2. The van der Waals surface area contributed by atoms with E-state index in [2.05, 4.69) is 103 Å². The molecule has 0 aliphatic rings. The molecule has 0 aliphatic carbocycles. The summed E-state index contributed by atoms with van der Waals surface area (Å²) in [4.78, 5) is 34.9. The summed E-state index contributed by atoms with van der Waals surface area (Å²) in [5.74, 6) is -1.05. The normalized spacial score (nSPS) is 14.8. The molecule has 0 aromatic heterocycles. The Labute approximate surface area is 344 Å². The Morgan fingerprint density at radius 2 is 1.00 bits per heavy atom. The van der Waals surface area contributed by atoms with Crippen LogP contribution < -0.4 is 0 Å². The van der Waals surface area contributed by atoms with Crippen LogP contribution in [0.15, 0.2) is 97.2 Å². The maximum atomic E-state index is 12.6. The van der Waals surface area contributed by atoms with Crippen molar-refractivity contribution >= 4 is 19.8 Å². The number of allylic oxidation sites excluding steroid dienone is 16. The molecule has 0 bridgehead atoms. The Morgan fingerprint density at radius 3 is 1.53 bits per heavy atom. The van der Waals surface area contributed by atoms with Crippen molar-refractivity contribution in [2.45, 2.75) is 154 Å². The monoisotopic (exact) mass is 819 g/mol. The second-order valence-corrected chi connectivity index (χ2v) is 15.1. The van der Waals surface area contributed by atoms with Crippen LogP contribution in [0.1, 0.15) is 142 Å². The van der Waals surface area contributed by atoms with Gasteiger partial charge in [-0.2, -0.15) is 0 Å². The number of unbranched alkanes of at least 4 members (excludes halogenated alkanes) is 8. The molecule has 57 heavy (non-hydrogen) atoms. The van der Waals surface area contributed by atoms with Gasteiger partial charge in [-0.3, -0.25) is 18.6 Å². The molecule has 324 valence electrons. The van der Waals surface area contributed by atoms with Gasteiger partial charge in [0.15, 0.2) is 6.10 Å². The number of ether oxygens (including phenoxy) is 2. The Bertz CT molecular complexity index is 1260. The zero-order chi connectivity index (χ0) is 41.9. The van der Waals surface area contributed by atoms with Crippen molar-refractivity contribution in [3.05, 3.63) is 97.2 Å². The largest absolute Gasteiger partial charge is 0.472 e. The van der Waals surface area contributed by atoms with Crippen LogP contribution in [0.4, 0.5) is 0 Å². The van der Waals surface area contributed by atoms with E-state index in [1.165, 1.54) is 19.3 Å². The highest BCUT2D eigenvalue weighted by molar-refractivity contribution is 7.47. The van der Waals surface area contributed by atoms with Crippen LogP contribution in [0.3, 0.4) is 0 Å². The topological polar surface area (TPSA) is 149 Å². The average molecular weight is 819 g/mol. The summed E-state index contributed by atoms with van der Waals surface area (Å²) in [7, 11) is -4.64. The third kappa shape index (κ3) is 40.9. The zero-order valence-corrected chi connectivity index (χ0v) is 35.9. The van der Waals surface area contributed by atoms with E-state index in [0.717, 1.165) is 83.5 Å². The van der Waals surface area contributed by atoms with E-state index in [9.17, 15) is 24.2 Å². The highest BCUT2D eigenvalue weighted by Crippen LogP contribution is 2.43. The number of carbonyl (C=O) groups is 2. The van der Waals surface area contributed by atoms with Crippen LogP contribution in [0.5, 0.6) is 0 Å². The van der Waals surface area contributed by atoms with Gasteiger partial charge in [0.2, 0.25) is 0 Å². The van der Waals surface area contributed by atoms with E-state index < -0.39 is 51.8 Å². The van der Waals surface area contributed by atoms with E-state index in [1.807, 2.05) is 12.2 Å². The van der Waals surface area contributed by atoms with Crippen LogP contribution in [-0.4, -0.2) is 65.7 Å². The van der Waals surface area contributed by atoms with Crippen molar-refractivity contribution < 1.29 is 47.8 Å². The first kappa shape index (κ1) is 53.9. The van der Waals surface area contributed by atoms with E-state index in [0.29, 0.717) is 12.8 Å². The first-order valence-electron chi connectivity index (χ1n) is 21.2. The quantitative estimate of drug-likeness (QED) is 0.0238. The maximum absolute atomic E-state index is 12.6. The van der Waals surface area contributed by atoms with Crippen LogP contribution >= 0.6 is 7.82 Å². The lowest BCUT2D eigenvalue weighted by atomic mass is 10.1. The number of rotatable bonds is 38. The lowest BCUT2D eigenvalue weighted by molar-refractivity contribution is -0.161. The van der Waals surface area contributed by atoms with Crippen molar-refractivity contribution in [2.24, 2.45) is 0 Å². The Kier molecular flexibility index (Phi) is 38.8. The fraction of sp³-hybridized carbons (Fsp3) is 0.609. The summed E-state index contributed by atoms with van der Waals surface area (Å²) in [6.45, 7) is 2.11. The molecule has 0 amide bonds. The molecule has 0 rings (SSSR count). The van der Waals surface area contributed by atoms with Gasteiger partial charge in [0, 0.05) is 12.8 Å². The molecule has 0 heterocycles. The summed E-state index contributed by atoms with van der Waals surface area (Å²) in [5.41, 5.74) is 0. The molecular weight excluding hydrogens is 743 g/mol. The van der Waals surface area contributed by atoms with Gasteiger partial charge in [-0.1, -0.05) is 143 Å². The number of phosphoric acid groups is 1. The number of phosphoric ester groups is 1. The maximum Gasteiger partial charge on any atom is 0.472 e. The van der Waals surface area contributed by atoms with E-state index in [4.69, 9.17) is 19.1 Å². The Morgan fingerprint density at radius 1 is 0.544 bits per heavy atom. The average Bonchev–Trinajstić information content (AvgIpc) is 3.20. The molecule has 10 nitrogen and oxygen atoms in total. The minimum atomic E-state index is -4.64. The van der Waals surface area contributed by atoms with Crippen LogP contribution in [0.25, 0.3) is 0 Å². The van der Waals surface area contributed by atoms with Gasteiger partial charge in [-0.15, -0.1) is 0 Å². The fourth-order valence-corrected chi connectivity index (χ4v) is 5.78. The minimum Gasteiger partial charge on any atom is -0.462 e. The molecular formula is C46H75O10P. The van der Waals surface area contributed by atoms with E-state index in [1.54, 1.807) is 0 Å². The molecule has 0 aliphatic heterocycles. The summed E-state index contributed by atoms with van der Waals surface area (Å²) in [6, 6.07) is 0. The summed E-state index contributed by atoms with van der Waals surface area (Å²) < 4.78 is 32.6. The molecule has 3 atom stereocenters. The number of aliphatic hydroxyl groups excluding tert-OH is 2. The van der Waals surface area contributed by atoms with Crippen LogP contribution in [-0.2, 0) is 32.7 Å². The predicted octanol–water partition coefficient (Wildman–Crippen LogP) is 11.2. The van der Waals surface area contributed by atoms with Crippen LogP contribution in [0.2, 0.25) is 0 Å². The lowest BCUT2D eigenvalue weighted by Gasteiger charge is -2.20. The first-order chi connectivity index (χ1) is 27.7. The first-order valence-corrected chi connectivity index (χ1v) is 22.7. The number of hydrogen-bond acceptors (Lipinski definition) is 9. The standard InChI is InChI=1S/C46H75O10P/c1-3-5-7-9-11-13-15-17-19-20-21-22-24-25-27-29-31-33-35-37-45(49)53-41-44(42-55-57(51,52)54-40-43(48)39-47)56-46(50)38-36-34-32-30-28-26-23-18-16-14-12-10-8-6-4-2/h5,7,11-14,17-19,21-23,25,27,31,33,43-44,47-48H,3-4,6,8-10,15-16,20,24,26,28-30,32,34-42H2,1-2H3,(H,51,52)/b7-5+,13-11+,14-12+,19-17+,22-21+,23-18+,27-25+,33-31+/t43-,44+/m0/s1. The minimum absolute atomic E-state index is 0.107. The number of carbonyl (C=O) groups excluding carboxylic acids is 2. The van der Waals surface area contributed by atoms with Crippen molar-refractivity contribution in [3.63, 3.8) is 0 Å².